The van der Waals surface area contributed by atoms with Gasteiger partial charge in [0, 0.05) is 30.8 Å². The second-order valence-corrected chi connectivity index (χ2v) is 7.42. The van der Waals surface area contributed by atoms with E-state index in [1.165, 1.54) is 6.33 Å². The highest BCUT2D eigenvalue weighted by molar-refractivity contribution is 7.89. The first-order valence-corrected chi connectivity index (χ1v) is 8.95. The molecule has 0 atom stereocenters. The number of rotatable bonds is 5. The lowest BCUT2D eigenvalue weighted by Gasteiger charge is -2.35. The predicted octanol–water partition coefficient (Wildman–Crippen LogP) is 2.16. The van der Waals surface area contributed by atoms with E-state index in [9.17, 15) is 21.6 Å². The maximum atomic E-state index is 13.7. The zero-order valence-electron chi connectivity index (χ0n) is 13.1. The Morgan fingerprint density at radius 1 is 1.12 bits per heavy atom. The first-order chi connectivity index (χ1) is 11.8. The largest absolute Gasteiger partial charge is 0.373 e. The fourth-order valence-corrected chi connectivity index (χ4v) is 4.02. The van der Waals surface area contributed by atoms with E-state index in [4.69, 9.17) is 0 Å². The van der Waals surface area contributed by atoms with Gasteiger partial charge in [0.2, 0.25) is 10.0 Å². The third kappa shape index (κ3) is 3.45. The number of nitrogens with one attached hydrogen (secondary N) is 2. The van der Waals surface area contributed by atoms with E-state index < -0.39 is 38.4 Å². The maximum absolute atomic E-state index is 13.7. The van der Waals surface area contributed by atoms with Crippen LogP contribution in [0.15, 0.2) is 29.4 Å². The summed E-state index contributed by atoms with van der Waals surface area (Å²) < 4.78 is 66.6. The molecule has 6 nitrogen and oxygen atoms in total. The number of sulfonamides is 1. The van der Waals surface area contributed by atoms with Gasteiger partial charge in [-0.05, 0) is 25.0 Å². The minimum atomic E-state index is -4.29. The van der Waals surface area contributed by atoms with Gasteiger partial charge in [-0.1, -0.05) is 0 Å². The number of benzene rings is 1. The molecule has 1 aliphatic carbocycles. The van der Waals surface area contributed by atoms with Crippen LogP contribution in [0.2, 0.25) is 0 Å². The molecule has 0 spiro atoms. The molecular formula is C15H15F3N4O2S. The number of halogens is 3. The lowest BCUT2D eigenvalue weighted by molar-refractivity contribution is 0.320. The second-order valence-electron chi connectivity index (χ2n) is 5.74. The van der Waals surface area contributed by atoms with Crippen molar-refractivity contribution >= 4 is 15.8 Å². The van der Waals surface area contributed by atoms with Crippen LogP contribution in [0.3, 0.4) is 0 Å². The number of aromatic nitrogens is 2. The van der Waals surface area contributed by atoms with Crippen molar-refractivity contribution in [1.82, 2.24) is 14.7 Å². The van der Waals surface area contributed by atoms with Gasteiger partial charge in [-0.2, -0.15) is 0 Å². The van der Waals surface area contributed by atoms with Crippen LogP contribution in [0.4, 0.5) is 19.0 Å². The molecule has 134 valence electrons. The number of hydrogen-bond acceptors (Lipinski definition) is 5. The summed E-state index contributed by atoms with van der Waals surface area (Å²) in [6.07, 6.45) is 2.34. The normalized spacial score (nSPS) is 20.2. The molecule has 1 aliphatic rings. The van der Waals surface area contributed by atoms with Crippen molar-refractivity contribution < 1.29 is 21.6 Å². The monoisotopic (exact) mass is 372 g/mol. The van der Waals surface area contributed by atoms with Gasteiger partial charge in [0.25, 0.3) is 0 Å². The molecule has 1 saturated carbocycles. The zero-order chi connectivity index (χ0) is 18.2. The predicted molar refractivity (Wildman–Crippen MR) is 84.0 cm³/mol. The minimum Gasteiger partial charge on any atom is -0.373 e. The molecule has 1 heterocycles. The van der Waals surface area contributed by atoms with E-state index in [2.05, 4.69) is 20.0 Å². The molecule has 0 saturated heterocycles. The standard InChI is InChI=1S/C15H15F3N4O2S/c1-19-13-6-11(20-7-21-13)8-4-9(5-8)22-25(23,24)12-3-2-10(16)14(17)15(12)18/h2-3,6-9,22H,4-5H2,1H3,(H,19,20,21). The van der Waals surface area contributed by atoms with Crippen molar-refractivity contribution in [3.63, 3.8) is 0 Å². The van der Waals surface area contributed by atoms with Crippen molar-refractivity contribution in [3.05, 3.63) is 47.7 Å². The highest BCUT2D eigenvalue weighted by atomic mass is 32.2. The number of hydrogen-bond donors (Lipinski definition) is 2. The molecule has 1 fully saturated rings. The molecular weight excluding hydrogens is 357 g/mol. The molecule has 1 aromatic heterocycles. The van der Waals surface area contributed by atoms with Gasteiger partial charge >= 0.3 is 0 Å². The van der Waals surface area contributed by atoms with Crippen LogP contribution in [0.5, 0.6) is 0 Å². The molecule has 2 N–H and O–H groups in total. The SMILES string of the molecule is CNc1cc(C2CC(NS(=O)(=O)c3ccc(F)c(F)c3F)C2)ncn1. The van der Waals surface area contributed by atoms with Crippen molar-refractivity contribution in [3.8, 4) is 0 Å². The molecule has 0 amide bonds. The van der Waals surface area contributed by atoms with Gasteiger partial charge in [-0.3, -0.25) is 0 Å². The van der Waals surface area contributed by atoms with Crippen molar-refractivity contribution in [1.29, 1.82) is 0 Å². The highest BCUT2D eigenvalue weighted by Crippen LogP contribution is 2.37. The van der Waals surface area contributed by atoms with Crippen LogP contribution >= 0.6 is 0 Å². The fraction of sp³-hybridized carbons (Fsp3) is 0.333. The Balaban J connectivity index is 1.69. The molecule has 0 aliphatic heterocycles. The van der Waals surface area contributed by atoms with E-state index in [0.717, 1.165) is 5.69 Å². The quantitative estimate of drug-likeness (QED) is 0.786. The number of anilines is 1. The summed E-state index contributed by atoms with van der Waals surface area (Å²) in [7, 11) is -2.56. The van der Waals surface area contributed by atoms with E-state index >= 15 is 0 Å². The Morgan fingerprint density at radius 3 is 2.52 bits per heavy atom. The Hall–Kier alpha value is -2.20. The summed E-state index contributed by atoms with van der Waals surface area (Å²) in [6.45, 7) is 0. The van der Waals surface area contributed by atoms with Crippen LogP contribution < -0.4 is 10.0 Å². The van der Waals surface area contributed by atoms with E-state index in [1.54, 1.807) is 13.1 Å². The number of nitrogens with zero attached hydrogens (tertiary/aromatic N) is 2. The molecule has 1 aromatic carbocycles. The Morgan fingerprint density at radius 2 is 1.84 bits per heavy atom. The van der Waals surface area contributed by atoms with Crippen LogP contribution in [0.1, 0.15) is 24.5 Å². The average molecular weight is 372 g/mol. The van der Waals surface area contributed by atoms with E-state index in [-0.39, 0.29) is 5.92 Å². The van der Waals surface area contributed by atoms with Crippen LogP contribution in [0.25, 0.3) is 0 Å². The molecule has 10 heteroatoms. The van der Waals surface area contributed by atoms with Crippen LogP contribution in [-0.4, -0.2) is 31.5 Å². The fourth-order valence-electron chi connectivity index (χ4n) is 2.69. The van der Waals surface area contributed by atoms with E-state index in [0.29, 0.717) is 30.8 Å². The van der Waals surface area contributed by atoms with Crippen molar-refractivity contribution in [2.24, 2.45) is 0 Å². The van der Waals surface area contributed by atoms with Gasteiger partial charge in [0.1, 0.15) is 17.0 Å². The summed E-state index contributed by atoms with van der Waals surface area (Å²) >= 11 is 0. The Kier molecular flexibility index (Phi) is 4.65. The average Bonchev–Trinajstić information content (AvgIpc) is 2.55. The molecule has 0 radical (unpaired) electrons. The Labute approximate surface area is 142 Å². The van der Waals surface area contributed by atoms with Crippen LogP contribution in [-0.2, 0) is 10.0 Å². The molecule has 25 heavy (non-hydrogen) atoms. The van der Waals surface area contributed by atoms with Gasteiger partial charge in [0.05, 0.1) is 0 Å². The molecule has 0 bridgehead atoms. The third-order valence-corrected chi connectivity index (χ3v) is 5.65. The second kappa shape index (κ2) is 6.60. The lowest BCUT2D eigenvalue weighted by Crippen LogP contribution is -2.43. The summed E-state index contributed by atoms with van der Waals surface area (Å²) in [4.78, 5) is 7.25. The summed E-state index contributed by atoms with van der Waals surface area (Å²) in [6, 6.07) is 2.62. The third-order valence-electron chi connectivity index (χ3n) is 4.11. The first-order valence-electron chi connectivity index (χ1n) is 7.47. The highest BCUT2D eigenvalue weighted by Gasteiger charge is 2.36. The smallest absolute Gasteiger partial charge is 0.243 e. The zero-order valence-corrected chi connectivity index (χ0v) is 13.9. The van der Waals surface area contributed by atoms with E-state index in [1.807, 2.05) is 0 Å². The van der Waals surface area contributed by atoms with Gasteiger partial charge < -0.3 is 5.32 Å². The topological polar surface area (TPSA) is 84.0 Å². The van der Waals surface area contributed by atoms with Gasteiger partial charge in [-0.25, -0.2) is 36.3 Å². The Bertz CT molecular complexity index is 902. The molecule has 3 rings (SSSR count). The summed E-state index contributed by atoms with van der Waals surface area (Å²) in [5.74, 6) is -4.28. The van der Waals surface area contributed by atoms with Gasteiger partial charge in [-0.15, -0.1) is 0 Å². The van der Waals surface area contributed by atoms with Crippen molar-refractivity contribution in [2.75, 3.05) is 12.4 Å². The van der Waals surface area contributed by atoms with Crippen molar-refractivity contribution in [2.45, 2.75) is 29.7 Å². The van der Waals surface area contributed by atoms with Crippen LogP contribution in [0, 0.1) is 17.5 Å². The first kappa shape index (κ1) is 17.6. The minimum absolute atomic E-state index is 0.0394. The summed E-state index contributed by atoms with van der Waals surface area (Å²) in [5, 5.41) is 2.89. The molecule has 0 unspecified atom stereocenters. The van der Waals surface area contributed by atoms with Gasteiger partial charge in [0.15, 0.2) is 17.5 Å². The molecule has 2 aromatic rings. The summed E-state index contributed by atoms with van der Waals surface area (Å²) in [5.41, 5.74) is 0.772. The lowest BCUT2D eigenvalue weighted by atomic mass is 9.78. The maximum Gasteiger partial charge on any atom is 0.243 e.